The highest BCUT2D eigenvalue weighted by Gasteiger charge is 2.48. The number of benzene rings is 1. The van der Waals surface area contributed by atoms with Crippen LogP contribution in [0.15, 0.2) is 30.3 Å². The van der Waals surface area contributed by atoms with Gasteiger partial charge >= 0.3 is 5.97 Å². The molecule has 3 atom stereocenters. The van der Waals surface area contributed by atoms with Crippen molar-refractivity contribution in [2.75, 3.05) is 13.2 Å². The third-order valence-corrected chi connectivity index (χ3v) is 7.07. The molecule has 0 spiro atoms. The summed E-state index contributed by atoms with van der Waals surface area (Å²) in [5, 5.41) is 20.8. The van der Waals surface area contributed by atoms with Crippen LogP contribution in [-0.2, 0) is 13.9 Å². The summed E-state index contributed by atoms with van der Waals surface area (Å²) in [5.41, 5.74) is 0.452. The van der Waals surface area contributed by atoms with Crippen LogP contribution >= 0.6 is 0 Å². The van der Waals surface area contributed by atoms with E-state index >= 15 is 0 Å². The van der Waals surface area contributed by atoms with Crippen LogP contribution in [0.1, 0.15) is 36.5 Å². The van der Waals surface area contributed by atoms with Gasteiger partial charge in [0.25, 0.3) is 0 Å². The van der Waals surface area contributed by atoms with Gasteiger partial charge in [0, 0.05) is 6.42 Å². The predicted octanol–water partition coefficient (Wildman–Crippen LogP) is 2.70. The second kappa shape index (κ2) is 9.10. The van der Waals surface area contributed by atoms with Gasteiger partial charge in [-0.3, -0.25) is 0 Å². The van der Waals surface area contributed by atoms with Crippen molar-refractivity contribution in [3.05, 3.63) is 35.9 Å². The molecule has 1 heterocycles. The molecule has 1 aliphatic heterocycles. The van der Waals surface area contributed by atoms with Gasteiger partial charge in [-0.15, -0.1) is 0 Å². The first-order valence-electron chi connectivity index (χ1n) is 9.20. The average molecular weight is 383 g/mol. The third-order valence-electron chi connectivity index (χ3n) is 4.59. The molecule has 0 aromatic heterocycles. The number of esters is 1. The van der Waals surface area contributed by atoms with Crippen molar-refractivity contribution in [3.63, 3.8) is 0 Å². The highest BCUT2D eigenvalue weighted by Crippen LogP contribution is 2.31. The van der Waals surface area contributed by atoms with Crippen LogP contribution in [0.25, 0.3) is 0 Å². The number of carbonyl (C=O) groups is 1. The van der Waals surface area contributed by atoms with Crippen LogP contribution in [0.5, 0.6) is 0 Å². The van der Waals surface area contributed by atoms with Crippen LogP contribution < -0.4 is 0 Å². The van der Waals surface area contributed by atoms with Gasteiger partial charge in [-0.1, -0.05) is 38.0 Å². The van der Waals surface area contributed by atoms with Gasteiger partial charge in [-0.25, -0.2) is 4.79 Å². The molecule has 2 rings (SSSR count). The van der Waals surface area contributed by atoms with E-state index in [9.17, 15) is 15.0 Å². The van der Waals surface area contributed by atoms with E-state index in [4.69, 9.17) is 13.9 Å². The van der Waals surface area contributed by atoms with Crippen LogP contribution in [0.3, 0.4) is 0 Å². The van der Waals surface area contributed by atoms with E-state index in [2.05, 4.69) is 20.0 Å². The number of rotatable bonds is 9. The van der Waals surface area contributed by atoms with Crippen LogP contribution in [0, 0.1) is 0 Å². The molecule has 0 unspecified atom stereocenters. The Morgan fingerprint density at radius 2 is 2.04 bits per heavy atom. The van der Waals surface area contributed by atoms with Crippen molar-refractivity contribution in [2.45, 2.75) is 63.3 Å². The monoisotopic (exact) mass is 382 g/mol. The molecule has 0 amide bonds. The lowest BCUT2D eigenvalue weighted by Crippen LogP contribution is -2.47. The van der Waals surface area contributed by atoms with E-state index in [0.29, 0.717) is 5.56 Å². The summed E-state index contributed by atoms with van der Waals surface area (Å²) in [5.74, 6) is -2.20. The molecule has 0 saturated carbocycles. The van der Waals surface area contributed by atoms with Crippen LogP contribution in [0.2, 0.25) is 19.1 Å². The van der Waals surface area contributed by atoms with Crippen LogP contribution in [-0.4, -0.2) is 55.7 Å². The zero-order chi connectivity index (χ0) is 19.2. The van der Waals surface area contributed by atoms with Gasteiger partial charge in [-0.05, 0) is 31.3 Å². The second-order valence-corrected chi connectivity index (χ2v) is 11.8. The molecule has 146 valence electrons. The highest BCUT2D eigenvalue weighted by atomic mass is 28.4. The summed E-state index contributed by atoms with van der Waals surface area (Å²) in [6.07, 6.45) is 0.737. The molecule has 7 heteroatoms. The summed E-state index contributed by atoms with van der Waals surface area (Å²) in [6, 6.07) is 9.66. The minimum absolute atomic E-state index is 0.0241. The summed E-state index contributed by atoms with van der Waals surface area (Å²) in [4.78, 5) is 12.0. The van der Waals surface area contributed by atoms with Crippen molar-refractivity contribution in [2.24, 2.45) is 0 Å². The quantitative estimate of drug-likeness (QED) is 0.505. The standard InChI is InChI=1S/C19H30O6Si/c1-4-5-11-26(2,3)24-14-19(22)17(20)12-16(25-19)13-23-18(21)15-9-7-6-8-10-15/h6-10,16-17,20,22H,4-5,11-14H2,1-3H3/t16-,17-,19-/m0/s1. The normalized spacial score (nSPS) is 26.0. The Morgan fingerprint density at radius 3 is 2.69 bits per heavy atom. The number of hydrogen-bond acceptors (Lipinski definition) is 6. The Balaban J connectivity index is 1.83. The van der Waals surface area contributed by atoms with Crippen molar-refractivity contribution in [3.8, 4) is 0 Å². The van der Waals surface area contributed by atoms with Crippen molar-refractivity contribution in [1.82, 2.24) is 0 Å². The SMILES string of the molecule is CCCC[Si](C)(C)OC[C@]1(O)O[C@H](COC(=O)c2ccccc2)C[C@@H]1O. The zero-order valence-corrected chi connectivity index (χ0v) is 16.8. The van der Waals surface area contributed by atoms with Gasteiger partial charge < -0.3 is 24.1 Å². The Bertz CT molecular complexity index is 579. The van der Waals surface area contributed by atoms with Gasteiger partial charge in [0.05, 0.1) is 18.3 Å². The number of aliphatic hydroxyl groups excluding tert-OH is 1. The molecule has 1 fully saturated rings. The molecule has 6 nitrogen and oxygen atoms in total. The summed E-state index contributed by atoms with van der Waals surface area (Å²) in [7, 11) is -1.91. The maximum Gasteiger partial charge on any atom is 0.338 e. The zero-order valence-electron chi connectivity index (χ0n) is 15.8. The molecule has 26 heavy (non-hydrogen) atoms. The molecule has 0 bridgehead atoms. The molecule has 1 aliphatic rings. The van der Waals surface area contributed by atoms with Gasteiger partial charge in [0.2, 0.25) is 5.79 Å². The summed E-state index contributed by atoms with van der Waals surface area (Å²) < 4.78 is 16.7. The topological polar surface area (TPSA) is 85.2 Å². The molecule has 2 N–H and O–H groups in total. The number of ether oxygens (including phenoxy) is 2. The Morgan fingerprint density at radius 1 is 1.35 bits per heavy atom. The maximum atomic E-state index is 12.0. The maximum absolute atomic E-state index is 12.0. The lowest BCUT2D eigenvalue weighted by atomic mass is 10.1. The first-order valence-corrected chi connectivity index (χ1v) is 12.3. The number of aliphatic hydroxyl groups is 2. The molecular weight excluding hydrogens is 352 g/mol. The lowest BCUT2D eigenvalue weighted by molar-refractivity contribution is -0.245. The summed E-state index contributed by atoms with van der Waals surface area (Å²) in [6.45, 7) is 6.21. The van der Waals surface area contributed by atoms with Gasteiger partial charge in [0.15, 0.2) is 8.32 Å². The third kappa shape index (κ3) is 5.89. The molecule has 1 aromatic carbocycles. The highest BCUT2D eigenvalue weighted by molar-refractivity contribution is 6.71. The van der Waals surface area contributed by atoms with E-state index in [1.54, 1.807) is 24.3 Å². The minimum Gasteiger partial charge on any atom is -0.459 e. The van der Waals surface area contributed by atoms with E-state index in [0.717, 1.165) is 18.9 Å². The number of hydrogen-bond donors (Lipinski definition) is 2. The molecule has 1 saturated heterocycles. The van der Waals surface area contributed by atoms with E-state index < -0.39 is 32.3 Å². The Kier molecular flexibility index (Phi) is 7.37. The van der Waals surface area contributed by atoms with Gasteiger partial charge in [-0.2, -0.15) is 0 Å². The van der Waals surface area contributed by atoms with E-state index in [-0.39, 0.29) is 19.6 Å². The second-order valence-electron chi connectivity index (χ2n) is 7.45. The fraction of sp³-hybridized carbons (Fsp3) is 0.632. The molecular formula is C19H30O6Si. The molecule has 0 aliphatic carbocycles. The van der Waals surface area contributed by atoms with E-state index in [1.807, 2.05) is 6.07 Å². The lowest BCUT2D eigenvalue weighted by Gasteiger charge is -2.31. The minimum atomic E-state index is -1.91. The summed E-state index contributed by atoms with van der Waals surface area (Å²) >= 11 is 0. The largest absolute Gasteiger partial charge is 0.459 e. The van der Waals surface area contributed by atoms with Crippen LogP contribution in [0.4, 0.5) is 0 Å². The fourth-order valence-electron chi connectivity index (χ4n) is 2.88. The van der Waals surface area contributed by atoms with Crippen molar-refractivity contribution >= 4 is 14.3 Å². The predicted molar refractivity (Wildman–Crippen MR) is 100 cm³/mol. The Hall–Kier alpha value is -1.25. The number of carbonyl (C=O) groups excluding carboxylic acids is 1. The fourth-order valence-corrected chi connectivity index (χ4v) is 4.83. The first-order chi connectivity index (χ1) is 12.3. The van der Waals surface area contributed by atoms with Gasteiger partial charge in [0.1, 0.15) is 12.7 Å². The molecule has 1 aromatic rings. The van der Waals surface area contributed by atoms with E-state index in [1.165, 1.54) is 0 Å². The Labute approximate surface area is 156 Å². The average Bonchev–Trinajstić information content (AvgIpc) is 2.92. The van der Waals surface area contributed by atoms with Crippen molar-refractivity contribution in [1.29, 1.82) is 0 Å². The van der Waals surface area contributed by atoms with Crippen molar-refractivity contribution < 1.29 is 28.9 Å². The first kappa shape index (κ1) is 21.1. The molecule has 0 radical (unpaired) electrons. The smallest absolute Gasteiger partial charge is 0.338 e. The number of unbranched alkanes of at least 4 members (excludes halogenated alkanes) is 1.